The fourth-order valence-corrected chi connectivity index (χ4v) is 2.34. The number of rotatable bonds is 1. The lowest BCUT2D eigenvalue weighted by molar-refractivity contribution is 0.175. The molecule has 1 amide bonds. The molecule has 0 saturated carbocycles. The number of nitrogens with zero attached hydrogens (tertiary/aromatic N) is 2. The van der Waals surface area contributed by atoms with Crippen molar-refractivity contribution < 1.29 is 9.53 Å². The number of alkyl carbamates (subject to hydrolysis) is 1. The van der Waals surface area contributed by atoms with E-state index in [9.17, 15) is 4.79 Å². The lowest BCUT2D eigenvalue weighted by Crippen LogP contribution is -2.40. The highest BCUT2D eigenvalue weighted by Crippen LogP contribution is 2.34. The van der Waals surface area contributed by atoms with Crippen LogP contribution in [0.15, 0.2) is 23.2 Å². The molecular formula is C12H13Cl2N3O2. The summed E-state index contributed by atoms with van der Waals surface area (Å²) in [5, 5.41) is 3.56. The summed E-state index contributed by atoms with van der Waals surface area (Å²) in [6.07, 6.45) is -0.552. The Balaban J connectivity index is 2.18. The monoisotopic (exact) mass is 301 g/mol. The summed E-state index contributed by atoms with van der Waals surface area (Å²) in [6.45, 7) is 0.496. The van der Waals surface area contributed by atoms with Crippen LogP contribution in [0.3, 0.4) is 0 Å². The van der Waals surface area contributed by atoms with Crippen LogP contribution >= 0.6 is 23.2 Å². The molecule has 1 atom stereocenters. The maximum Gasteiger partial charge on any atom is 0.413 e. The van der Waals surface area contributed by atoms with Gasteiger partial charge in [-0.25, -0.2) is 4.79 Å². The van der Waals surface area contributed by atoms with E-state index >= 15 is 0 Å². The molecule has 1 N–H and O–H groups in total. The fourth-order valence-electron chi connectivity index (χ4n) is 1.91. The molecule has 0 radical (unpaired) electrons. The van der Waals surface area contributed by atoms with Gasteiger partial charge in [-0.05, 0) is 11.6 Å². The van der Waals surface area contributed by atoms with Crippen LogP contribution in [0.25, 0.3) is 0 Å². The Morgan fingerprint density at radius 1 is 1.53 bits per heavy atom. The van der Waals surface area contributed by atoms with Gasteiger partial charge < -0.3 is 9.64 Å². The van der Waals surface area contributed by atoms with Crippen molar-refractivity contribution in [2.45, 2.75) is 6.04 Å². The van der Waals surface area contributed by atoms with Crippen molar-refractivity contribution >= 4 is 35.3 Å². The number of guanidine groups is 1. The minimum atomic E-state index is -0.552. The van der Waals surface area contributed by atoms with Crippen molar-refractivity contribution in [3.63, 3.8) is 0 Å². The SMILES string of the molecule is COC(=O)NC1=NCC(c2cccc(Cl)c2Cl)N1C. The Kier molecular flexibility index (Phi) is 4.17. The van der Waals surface area contributed by atoms with E-state index in [4.69, 9.17) is 23.2 Å². The van der Waals surface area contributed by atoms with Gasteiger partial charge in [0.15, 0.2) is 0 Å². The van der Waals surface area contributed by atoms with E-state index in [-0.39, 0.29) is 6.04 Å². The normalized spacial score (nSPS) is 18.2. The van der Waals surface area contributed by atoms with Crippen LogP contribution in [0.2, 0.25) is 10.0 Å². The zero-order valence-electron chi connectivity index (χ0n) is 10.5. The molecule has 1 aliphatic heterocycles. The molecule has 5 nitrogen and oxygen atoms in total. The molecule has 1 aliphatic rings. The van der Waals surface area contributed by atoms with Gasteiger partial charge in [0.2, 0.25) is 5.96 Å². The predicted molar refractivity (Wildman–Crippen MR) is 74.8 cm³/mol. The summed E-state index contributed by atoms with van der Waals surface area (Å²) >= 11 is 12.2. The molecule has 1 heterocycles. The van der Waals surface area contributed by atoms with Crippen molar-refractivity contribution in [2.75, 3.05) is 20.7 Å². The van der Waals surface area contributed by atoms with E-state index in [1.165, 1.54) is 7.11 Å². The van der Waals surface area contributed by atoms with Gasteiger partial charge in [0.05, 0.1) is 29.7 Å². The largest absolute Gasteiger partial charge is 0.453 e. The zero-order chi connectivity index (χ0) is 14.0. The molecule has 0 bridgehead atoms. The van der Waals surface area contributed by atoms with Crippen LogP contribution in [0.5, 0.6) is 0 Å². The summed E-state index contributed by atoms with van der Waals surface area (Å²) in [4.78, 5) is 17.3. The summed E-state index contributed by atoms with van der Waals surface area (Å²) in [5.74, 6) is 0.452. The zero-order valence-corrected chi connectivity index (χ0v) is 12.0. The van der Waals surface area contributed by atoms with Crippen molar-refractivity contribution in [1.82, 2.24) is 10.2 Å². The third-order valence-corrected chi connectivity index (χ3v) is 3.79. The number of methoxy groups -OCH3 is 1. The lowest BCUT2D eigenvalue weighted by atomic mass is 10.1. The fraction of sp³-hybridized carbons (Fsp3) is 0.333. The Bertz CT molecular complexity index is 534. The number of hydrogen-bond donors (Lipinski definition) is 1. The molecule has 0 aliphatic carbocycles. The predicted octanol–water partition coefficient (Wildman–Crippen LogP) is 2.69. The molecule has 1 unspecified atom stereocenters. The first-order valence-corrected chi connectivity index (χ1v) is 6.36. The van der Waals surface area contributed by atoms with Gasteiger partial charge in [-0.1, -0.05) is 35.3 Å². The number of benzene rings is 1. The van der Waals surface area contributed by atoms with Crippen LogP contribution < -0.4 is 5.32 Å². The average molecular weight is 302 g/mol. The number of carbonyl (C=O) groups excluding carboxylic acids is 1. The van der Waals surface area contributed by atoms with Gasteiger partial charge in [0, 0.05) is 7.05 Å². The molecule has 0 aromatic heterocycles. The van der Waals surface area contributed by atoms with Gasteiger partial charge in [-0.2, -0.15) is 0 Å². The molecule has 19 heavy (non-hydrogen) atoms. The van der Waals surface area contributed by atoms with Gasteiger partial charge >= 0.3 is 6.09 Å². The number of aliphatic imine (C=N–C) groups is 1. The van der Waals surface area contributed by atoms with Crippen molar-refractivity contribution in [3.05, 3.63) is 33.8 Å². The Labute approximate surface area is 121 Å². The van der Waals surface area contributed by atoms with Gasteiger partial charge in [-0.15, -0.1) is 0 Å². The molecular weight excluding hydrogens is 289 g/mol. The second-order valence-electron chi connectivity index (χ2n) is 4.05. The van der Waals surface area contributed by atoms with Crippen molar-refractivity contribution in [1.29, 1.82) is 0 Å². The number of carbonyl (C=O) groups is 1. The number of hydrogen-bond acceptors (Lipinski definition) is 4. The van der Waals surface area contributed by atoms with Gasteiger partial charge in [0.25, 0.3) is 0 Å². The number of halogens is 2. The minimum Gasteiger partial charge on any atom is -0.453 e. The van der Waals surface area contributed by atoms with Crippen LogP contribution in [0, 0.1) is 0 Å². The van der Waals surface area contributed by atoms with Gasteiger partial charge in [0.1, 0.15) is 0 Å². The number of amides is 1. The highest BCUT2D eigenvalue weighted by molar-refractivity contribution is 6.42. The Morgan fingerprint density at radius 2 is 2.26 bits per heavy atom. The van der Waals surface area contributed by atoms with E-state index in [2.05, 4.69) is 15.0 Å². The molecule has 0 spiro atoms. The molecule has 102 valence electrons. The molecule has 0 fully saturated rings. The van der Waals surface area contributed by atoms with Crippen LogP contribution in [0.1, 0.15) is 11.6 Å². The number of likely N-dealkylation sites (N-methyl/N-ethyl adjacent to an activating group) is 1. The number of ether oxygens (including phenoxy) is 1. The Hall–Kier alpha value is -1.46. The van der Waals surface area contributed by atoms with Gasteiger partial charge in [-0.3, -0.25) is 10.3 Å². The van der Waals surface area contributed by atoms with E-state index in [1.807, 2.05) is 24.1 Å². The average Bonchev–Trinajstić information content (AvgIpc) is 2.74. The first kappa shape index (κ1) is 14.0. The maximum atomic E-state index is 11.2. The van der Waals surface area contributed by atoms with Crippen LogP contribution in [-0.4, -0.2) is 37.7 Å². The maximum absolute atomic E-state index is 11.2. The molecule has 1 aromatic carbocycles. The van der Waals surface area contributed by atoms with Crippen molar-refractivity contribution in [2.24, 2.45) is 4.99 Å². The summed E-state index contributed by atoms with van der Waals surface area (Å²) < 4.78 is 4.54. The van der Waals surface area contributed by atoms with E-state index in [0.717, 1.165) is 5.56 Å². The molecule has 1 aromatic rings. The quantitative estimate of drug-likeness (QED) is 0.868. The molecule has 2 rings (SSSR count). The third-order valence-electron chi connectivity index (χ3n) is 2.96. The van der Waals surface area contributed by atoms with E-state index in [0.29, 0.717) is 22.5 Å². The van der Waals surface area contributed by atoms with Crippen molar-refractivity contribution in [3.8, 4) is 0 Å². The van der Waals surface area contributed by atoms with E-state index < -0.39 is 6.09 Å². The van der Waals surface area contributed by atoms with E-state index in [1.54, 1.807) is 6.07 Å². The Morgan fingerprint density at radius 3 is 2.95 bits per heavy atom. The summed E-state index contributed by atoms with van der Waals surface area (Å²) in [6, 6.07) is 5.41. The third kappa shape index (κ3) is 2.77. The summed E-state index contributed by atoms with van der Waals surface area (Å²) in [7, 11) is 3.12. The highest BCUT2D eigenvalue weighted by Gasteiger charge is 2.29. The first-order valence-electron chi connectivity index (χ1n) is 5.60. The molecule has 0 saturated heterocycles. The number of nitrogens with one attached hydrogen (secondary N) is 1. The highest BCUT2D eigenvalue weighted by atomic mass is 35.5. The summed E-state index contributed by atoms with van der Waals surface area (Å²) in [5.41, 5.74) is 0.877. The lowest BCUT2D eigenvalue weighted by Gasteiger charge is -2.24. The second-order valence-corrected chi connectivity index (χ2v) is 4.84. The topological polar surface area (TPSA) is 53.9 Å². The molecule has 7 heteroatoms. The standard InChI is InChI=1S/C12H13Cl2N3O2/c1-17-9(6-15-11(17)16-12(18)19-2)7-4-3-5-8(13)10(7)14/h3-5,9H,6H2,1-2H3,(H,15,16,18). The van der Waals surface area contributed by atoms with Crippen LogP contribution in [-0.2, 0) is 4.74 Å². The van der Waals surface area contributed by atoms with Crippen LogP contribution in [0.4, 0.5) is 4.79 Å². The smallest absolute Gasteiger partial charge is 0.413 e. The minimum absolute atomic E-state index is 0.0571. The second kappa shape index (κ2) is 5.67. The first-order chi connectivity index (χ1) is 9.04.